The molecule has 0 saturated heterocycles. The smallest absolute Gasteiger partial charge is 0.274 e. The van der Waals surface area contributed by atoms with E-state index in [0.29, 0.717) is 23.8 Å². The van der Waals surface area contributed by atoms with Gasteiger partial charge in [0.25, 0.3) is 11.6 Å². The van der Waals surface area contributed by atoms with Crippen LogP contribution in [0.1, 0.15) is 35.9 Å². The molecule has 1 aromatic heterocycles. The van der Waals surface area contributed by atoms with Gasteiger partial charge in [-0.05, 0) is 38.7 Å². The number of hydrogen-bond acceptors (Lipinski definition) is 6. The summed E-state index contributed by atoms with van der Waals surface area (Å²) >= 11 is 0. The Morgan fingerprint density at radius 2 is 2.19 bits per heavy atom. The van der Waals surface area contributed by atoms with Crippen molar-refractivity contribution in [2.24, 2.45) is 11.7 Å². The summed E-state index contributed by atoms with van der Waals surface area (Å²) in [6.07, 6.45) is 2.10. The maximum Gasteiger partial charge on any atom is 0.274 e. The lowest BCUT2D eigenvalue weighted by Gasteiger charge is -2.29. The molecular formula is C16H21ClN6O3. The van der Waals surface area contributed by atoms with E-state index in [2.05, 4.69) is 15.6 Å². The molecule has 1 atom stereocenters. The Balaban J connectivity index is 0.00000243. The summed E-state index contributed by atoms with van der Waals surface area (Å²) in [7, 11) is 0. The van der Waals surface area contributed by atoms with E-state index >= 15 is 0 Å². The van der Waals surface area contributed by atoms with Crippen molar-refractivity contribution < 1.29 is 9.72 Å². The van der Waals surface area contributed by atoms with Gasteiger partial charge in [-0.15, -0.1) is 17.5 Å². The van der Waals surface area contributed by atoms with Crippen molar-refractivity contribution in [1.82, 2.24) is 20.3 Å². The summed E-state index contributed by atoms with van der Waals surface area (Å²) in [4.78, 5) is 23.0. The first-order valence-corrected chi connectivity index (χ1v) is 8.05. The van der Waals surface area contributed by atoms with Crippen LogP contribution in [0.4, 0.5) is 5.69 Å². The minimum atomic E-state index is -0.480. The second-order valence-electron chi connectivity index (χ2n) is 6.56. The first-order valence-electron chi connectivity index (χ1n) is 8.05. The van der Waals surface area contributed by atoms with Crippen LogP contribution in [0.25, 0.3) is 5.69 Å². The molecule has 3 rings (SSSR count). The standard InChI is InChI=1S/C16H20N6O3.ClH/c1-10-14(15(23)18-16(2,9-17)11-6-7-11)19-20-21(10)12-4-3-5-13(8-12)22(24)25;/h3-5,8,11H,6-7,9,17H2,1-2H3,(H,18,23);1H. The number of halogens is 1. The van der Waals surface area contributed by atoms with Crippen LogP contribution in [-0.4, -0.2) is 37.9 Å². The van der Waals surface area contributed by atoms with Crippen LogP contribution in [0, 0.1) is 23.0 Å². The van der Waals surface area contributed by atoms with Crippen molar-refractivity contribution in [2.75, 3.05) is 6.54 Å². The number of nitrogens with zero attached hydrogens (tertiary/aromatic N) is 4. The van der Waals surface area contributed by atoms with Crippen molar-refractivity contribution in [3.05, 3.63) is 45.8 Å². The van der Waals surface area contributed by atoms with Crippen LogP contribution in [0.5, 0.6) is 0 Å². The molecule has 140 valence electrons. The molecule has 1 amide bonds. The van der Waals surface area contributed by atoms with E-state index in [4.69, 9.17) is 5.73 Å². The Labute approximate surface area is 156 Å². The minimum absolute atomic E-state index is 0. The zero-order valence-corrected chi connectivity index (χ0v) is 15.3. The third-order valence-corrected chi connectivity index (χ3v) is 4.70. The van der Waals surface area contributed by atoms with Gasteiger partial charge in [0.1, 0.15) is 0 Å². The van der Waals surface area contributed by atoms with Crippen LogP contribution in [-0.2, 0) is 0 Å². The minimum Gasteiger partial charge on any atom is -0.344 e. The molecule has 10 heteroatoms. The molecule has 1 unspecified atom stereocenters. The number of amides is 1. The first kappa shape index (κ1) is 19.8. The zero-order valence-electron chi connectivity index (χ0n) is 14.5. The van der Waals surface area contributed by atoms with Crippen molar-refractivity contribution in [3.63, 3.8) is 0 Å². The Morgan fingerprint density at radius 1 is 1.50 bits per heavy atom. The highest BCUT2D eigenvalue weighted by molar-refractivity contribution is 5.93. The monoisotopic (exact) mass is 380 g/mol. The fourth-order valence-corrected chi connectivity index (χ4v) is 2.88. The number of carbonyl (C=O) groups is 1. The van der Waals surface area contributed by atoms with Gasteiger partial charge in [0.15, 0.2) is 5.69 Å². The van der Waals surface area contributed by atoms with Crippen LogP contribution < -0.4 is 11.1 Å². The largest absolute Gasteiger partial charge is 0.344 e. The van der Waals surface area contributed by atoms with Gasteiger partial charge < -0.3 is 11.1 Å². The SMILES string of the molecule is Cc1c(C(=O)NC(C)(CN)C2CC2)nnn1-c1cccc([N+](=O)[O-])c1.Cl. The van der Waals surface area contributed by atoms with Gasteiger partial charge >= 0.3 is 0 Å². The Bertz CT molecular complexity index is 835. The van der Waals surface area contributed by atoms with Crippen molar-refractivity contribution in [1.29, 1.82) is 0 Å². The van der Waals surface area contributed by atoms with E-state index in [1.807, 2.05) is 6.92 Å². The fraction of sp³-hybridized carbons (Fsp3) is 0.438. The molecule has 1 fully saturated rings. The molecular weight excluding hydrogens is 360 g/mol. The van der Waals surface area contributed by atoms with E-state index in [1.54, 1.807) is 19.1 Å². The van der Waals surface area contributed by atoms with Gasteiger partial charge in [-0.25, -0.2) is 4.68 Å². The van der Waals surface area contributed by atoms with E-state index in [9.17, 15) is 14.9 Å². The van der Waals surface area contributed by atoms with E-state index < -0.39 is 10.5 Å². The average Bonchev–Trinajstić information content (AvgIpc) is 3.38. The van der Waals surface area contributed by atoms with Crippen LogP contribution in [0.15, 0.2) is 24.3 Å². The van der Waals surface area contributed by atoms with Crippen LogP contribution in [0.2, 0.25) is 0 Å². The average molecular weight is 381 g/mol. The van der Waals surface area contributed by atoms with Crippen LogP contribution in [0.3, 0.4) is 0 Å². The molecule has 26 heavy (non-hydrogen) atoms. The fourth-order valence-electron chi connectivity index (χ4n) is 2.88. The summed E-state index contributed by atoms with van der Waals surface area (Å²) in [5, 5.41) is 21.8. The predicted molar refractivity (Wildman–Crippen MR) is 97.6 cm³/mol. The number of non-ortho nitro benzene ring substituents is 1. The third-order valence-electron chi connectivity index (χ3n) is 4.70. The summed E-state index contributed by atoms with van der Waals surface area (Å²) in [6, 6.07) is 6.01. The number of nitrogens with two attached hydrogens (primary N) is 1. The predicted octanol–water partition coefficient (Wildman–Crippen LogP) is 1.76. The number of rotatable bonds is 6. The van der Waals surface area contributed by atoms with Gasteiger partial charge in [0, 0.05) is 18.7 Å². The maximum atomic E-state index is 12.6. The molecule has 0 spiro atoms. The number of nitro groups is 1. The Kier molecular flexibility index (Phi) is 5.62. The van der Waals surface area contributed by atoms with E-state index in [0.717, 1.165) is 12.8 Å². The zero-order chi connectivity index (χ0) is 18.2. The van der Waals surface area contributed by atoms with Gasteiger partial charge in [-0.3, -0.25) is 14.9 Å². The molecule has 1 aliphatic carbocycles. The number of benzene rings is 1. The number of hydrogen-bond donors (Lipinski definition) is 2. The lowest BCUT2D eigenvalue weighted by atomic mass is 9.95. The number of nitrogens with one attached hydrogen (secondary N) is 1. The molecule has 0 aliphatic heterocycles. The normalized spacial score (nSPS) is 15.7. The summed E-state index contributed by atoms with van der Waals surface area (Å²) in [5.74, 6) is 0.0441. The highest BCUT2D eigenvalue weighted by atomic mass is 35.5. The molecule has 2 aromatic rings. The molecule has 0 radical (unpaired) electrons. The lowest BCUT2D eigenvalue weighted by molar-refractivity contribution is -0.384. The Hall–Kier alpha value is -2.52. The van der Waals surface area contributed by atoms with Gasteiger partial charge in [-0.2, -0.15) is 0 Å². The highest BCUT2D eigenvalue weighted by Crippen LogP contribution is 2.39. The number of aromatic nitrogens is 3. The number of nitro benzene ring substituents is 1. The quantitative estimate of drug-likeness (QED) is 0.580. The van der Waals surface area contributed by atoms with E-state index in [-0.39, 0.29) is 29.7 Å². The molecule has 9 nitrogen and oxygen atoms in total. The lowest BCUT2D eigenvalue weighted by Crippen LogP contribution is -2.53. The maximum absolute atomic E-state index is 12.6. The van der Waals surface area contributed by atoms with Gasteiger partial charge in [0.05, 0.1) is 21.8 Å². The van der Waals surface area contributed by atoms with Crippen molar-refractivity contribution in [3.8, 4) is 5.69 Å². The molecule has 1 saturated carbocycles. The van der Waals surface area contributed by atoms with Gasteiger partial charge in [0.2, 0.25) is 0 Å². The molecule has 0 bridgehead atoms. The van der Waals surface area contributed by atoms with Crippen molar-refractivity contribution >= 4 is 24.0 Å². The van der Waals surface area contributed by atoms with Crippen LogP contribution >= 0.6 is 12.4 Å². The topological polar surface area (TPSA) is 129 Å². The summed E-state index contributed by atoms with van der Waals surface area (Å²) < 4.78 is 1.42. The second kappa shape index (κ2) is 7.38. The van der Waals surface area contributed by atoms with E-state index in [1.165, 1.54) is 16.8 Å². The van der Waals surface area contributed by atoms with Crippen molar-refractivity contribution in [2.45, 2.75) is 32.2 Å². The second-order valence-corrected chi connectivity index (χ2v) is 6.56. The third kappa shape index (κ3) is 3.68. The number of carbonyl (C=O) groups excluding carboxylic acids is 1. The highest BCUT2D eigenvalue weighted by Gasteiger charge is 2.42. The van der Waals surface area contributed by atoms with Gasteiger partial charge in [-0.1, -0.05) is 11.3 Å². The first-order chi connectivity index (χ1) is 11.9. The molecule has 1 aliphatic rings. The summed E-state index contributed by atoms with van der Waals surface area (Å²) in [5.41, 5.74) is 6.49. The molecule has 3 N–H and O–H groups in total. The Morgan fingerprint density at radius 3 is 2.77 bits per heavy atom. The summed E-state index contributed by atoms with van der Waals surface area (Å²) in [6.45, 7) is 3.98. The molecule has 1 heterocycles. The molecule has 1 aromatic carbocycles.